The summed E-state index contributed by atoms with van der Waals surface area (Å²) in [5, 5.41) is 8.09. The van der Waals surface area contributed by atoms with Gasteiger partial charge < -0.3 is 5.11 Å². The summed E-state index contributed by atoms with van der Waals surface area (Å²) in [6.07, 6.45) is 0. The van der Waals surface area contributed by atoms with Gasteiger partial charge in [-0.3, -0.25) is 13.9 Å². The van der Waals surface area contributed by atoms with Crippen LogP contribution in [0.5, 0.6) is 0 Å². The smallest absolute Gasteiger partial charge is 0.324 e. The first-order chi connectivity index (χ1) is 4.04. The molecule has 0 unspecified atom stereocenters. The van der Waals surface area contributed by atoms with E-state index >= 15 is 0 Å². The van der Waals surface area contributed by atoms with Crippen LogP contribution in [0.2, 0.25) is 0 Å². The summed E-state index contributed by atoms with van der Waals surface area (Å²) in [6, 6.07) is 0. The Morgan fingerprint density at radius 1 is 1.67 bits per heavy atom. The molecule has 0 atom stereocenters. The molecule has 0 aliphatic carbocycles. The Kier molecular flexibility index (Phi) is 3.08. The molecular formula is C4H7NO3S. The van der Waals surface area contributed by atoms with Crippen molar-refractivity contribution < 1.29 is 14.7 Å². The molecule has 0 fully saturated rings. The summed E-state index contributed by atoms with van der Waals surface area (Å²) in [5.41, 5.74) is 0. The van der Waals surface area contributed by atoms with Gasteiger partial charge in [0.2, 0.25) is 5.91 Å². The van der Waals surface area contributed by atoms with E-state index in [4.69, 9.17) is 5.11 Å². The fourth-order valence-electron chi connectivity index (χ4n) is 0.239. The highest BCUT2D eigenvalue weighted by Crippen LogP contribution is 1.91. The Balaban J connectivity index is 3.63. The van der Waals surface area contributed by atoms with Crippen LogP contribution in [0.1, 0.15) is 6.92 Å². The molecule has 0 spiro atoms. The number of nitrogens with zero attached hydrogens (tertiary/aromatic N) is 1. The molecule has 0 saturated heterocycles. The van der Waals surface area contributed by atoms with Crippen LogP contribution in [-0.2, 0) is 9.59 Å². The van der Waals surface area contributed by atoms with Crippen molar-refractivity contribution in [1.82, 2.24) is 4.31 Å². The highest BCUT2D eigenvalue weighted by Gasteiger charge is 2.06. The van der Waals surface area contributed by atoms with Crippen LogP contribution in [0.3, 0.4) is 0 Å². The first kappa shape index (κ1) is 8.29. The normalized spacial score (nSPS) is 8.67. The van der Waals surface area contributed by atoms with Crippen molar-refractivity contribution in [1.29, 1.82) is 0 Å². The maximum atomic E-state index is 10.3. The zero-order valence-corrected chi connectivity index (χ0v) is 5.76. The van der Waals surface area contributed by atoms with E-state index in [2.05, 4.69) is 12.8 Å². The van der Waals surface area contributed by atoms with E-state index in [0.29, 0.717) is 0 Å². The van der Waals surface area contributed by atoms with Crippen LogP contribution in [0, 0.1) is 0 Å². The molecule has 0 aromatic heterocycles. The fourth-order valence-corrected chi connectivity index (χ4v) is 0.360. The van der Waals surface area contributed by atoms with Crippen LogP contribution in [0.25, 0.3) is 0 Å². The second kappa shape index (κ2) is 3.34. The van der Waals surface area contributed by atoms with Crippen molar-refractivity contribution >= 4 is 24.7 Å². The summed E-state index contributed by atoms with van der Waals surface area (Å²) in [7, 11) is 0. The topological polar surface area (TPSA) is 57.6 Å². The molecule has 0 aliphatic rings. The van der Waals surface area contributed by atoms with E-state index < -0.39 is 5.97 Å². The minimum atomic E-state index is -1.07. The second-order valence-corrected chi connectivity index (χ2v) is 1.95. The third kappa shape index (κ3) is 3.84. The van der Waals surface area contributed by atoms with Crippen molar-refractivity contribution in [3.8, 4) is 0 Å². The van der Waals surface area contributed by atoms with Gasteiger partial charge >= 0.3 is 5.97 Å². The molecule has 0 saturated carbocycles. The molecule has 0 bridgehead atoms. The highest BCUT2D eigenvalue weighted by atomic mass is 32.1. The standard InChI is InChI=1S/C4H7NO3S/c1-3(6)5(9)2-4(7)8/h9H,2H2,1H3,(H,7,8). The predicted octanol–water partition coefficient (Wildman–Crippen LogP) is -0.236. The van der Waals surface area contributed by atoms with Gasteiger partial charge in [-0.05, 0) is 0 Å². The molecule has 0 aliphatic heterocycles. The minimum Gasteiger partial charge on any atom is -0.480 e. The Morgan fingerprint density at radius 2 is 2.11 bits per heavy atom. The molecule has 0 radical (unpaired) electrons. The summed E-state index contributed by atoms with van der Waals surface area (Å²) >= 11 is 3.57. The number of aliphatic carboxylic acids is 1. The van der Waals surface area contributed by atoms with Gasteiger partial charge in [0, 0.05) is 6.92 Å². The zero-order chi connectivity index (χ0) is 7.44. The number of rotatable bonds is 2. The van der Waals surface area contributed by atoms with E-state index in [-0.39, 0.29) is 12.5 Å². The molecule has 0 aromatic rings. The van der Waals surface area contributed by atoms with Gasteiger partial charge in [-0.2, -0.15) is 0 Å². The van der Waals surface area contributed by atoms with Crippen molar-refractivity contribution in [2.24, 2.45) is 0 Å². The fraction of sp³-hybridized carbons (Fsp3) is 0.500. The molecule has 1 N–H and O–H groups in total. The summed E-state index contributed by atoms with van der Waals surface area (Å²) in [5.74, 6) is -1.44. The lowest BCUT2D eigenvalue weighted by atomic mass is 10.6. The predicted molar refractivity (Wildman–Crippen MR) is 34.0 cm³/mol. The van der Waals surface area contributed by atoms with E-state index in [0.717, 1.165) is 4.31 Å². The molecule has 0 aromatic carbocycles. The molecule has 5 heteroatoms. The number of carbonyl (C=O) groups is 2. The Hall–Kier alpha value is -0.710. The van der Waals surface area contributed by atoms with E-state index in [1.165, 1.54) is 6.92 Å². The van der Waals surface area contributed by atoms with Gasteiger partial charge in [-0.25, -0.2) is 0 Å². The van der Waals surface area contributed by atoms with Crippen LogP contribution in [0.15, 0.2) is 0 Å². The average molecular weight is 149 g/mol. The Bertz CT molecular complexity index is 136. The summed E-state index contributed by atoms with van der Waals surface area (Å²) in [4.78, 5) is 20.1. The maximum Gasteiger partial charge on any atom is 0.324 e. The first-order valence-electron chi connectivity index (χ1n) is 2.23. The number of carboxylic acids is 1. The van der Waals surface area contributed by atoms with E-state index in [1.54, 1.807) is 0 Å². The Morgan fingerprint density at radius 3 is 2.22 bits per heavy atom. The molecule has 1 amide bonds. The first-order valence-corrected chi connectivity index (χ1v) is 2.63. The molecule has 4 nitrogen and oxygen atoms in total. The molecule has 0 heterocycles. The number of thiol groups is 1. The third-order valence-corrected chi connectivity index (χ3v) is 1.07. The molecule has 0 rings (SSSR count). The summed E-state index contributed by atoms with van der Waals surface area (Å²) < 4.78 is 0.822. The van der Waals surface area contributed by atoms with Crippen molar-refractivity contribution in [2.75, 3.05) is 6.54 Å². The molecular weight excluding hydrogens is 142 g/mol. The zero-order valence-electron chi connectivity index (χ0n) is 4.87. The second-order valence-electron chi connectivity index (χ2n) is 1.47. The van der Waals surface area contributed by atoms with Gasteiger partial charge in [0.1, 0.15) is 6.54 Å². The number of amides is 1. The monoisotopic (exact) mass is 149 g/mol. The highest BCUT2D eigenvalue weighted by molar-refractivity contribution is 7.78. The minimum absolute atomic E-state index is 0.363. The number of carboxylic acid groups (broad SMARTS) is 1. The van der Waals surface area contributed by atoms with Crippen LogP contribution < -0.4 is 0 Å². The lowest BCUT2D eigenvalue weighted by molar-refractivity contribution is -0.140. The third-order valence-electron chi connectivity index (χ3n) is 0.649. The van der Waals surface area contributed by atoms with Gasteiger partial charge in [0.05, 0.1) is 0 Å². The number of hydrogen-bond donors (Lipinski definition) is 2. The SMILES string of the molecule is CC(=O)N(S)CC(=O)O. The van der Waals surface area contributed by atoms with Gasteiger partial charge in [-0.1, -0.05) is 12.8 Å². The summed E-state index contributed by atoms with van der Waals surface area (Å²) in [6.45, 7) is 0.883. The van der Waals surface area contributed by atoms with Gasteiger partial charge in [-0.15, -0.1) is 0 Å². The van der Waals surface area contributed by atoms with Crippen molar-refractivity contribution in [3.63, 3.8) is 0 Å². The van der Waals surface area contributed by atoms with Gasteiger partial charge in [0.25, 0.3) is 0 Å². The lowest BCUT2D eigenvalue weighted by Gasteiger charge is -2.07. The Labute approximate surface area is 58.0 Å². The number of carbonyl (C=O) groups excluding carboxylic acids is 1. The van der Waals surface area contributed by atoms with Crippen LogP contribution in [-0.4, -0.2) is 27.8 Å². The maximum absolute atomic E-state index is 10.3. The molecule has 52 valence electrons. The molecule has 9 heavy (non-hydrogen) atoms. The quantitative estimate of drug-likeness (QED) is 0.533. The average Bonchev–Trinajstić information content (AvgIpc) is 1.63. The van der Waals surface area contributed by atoms with Crippen molar-refractivity contribution in [2.45, 2.75) is 6.92 Å². The van der Waals surface area contributed by atoms with Crippen LogP contribution >= 0.6 is 12.8 Å². The number of hydrogen-bond acceptors (Lipinski definition) is 3. The van der Waals surface area contributed by atoms with E-state index in [1.807, 2.05) is 0 Å². The van der Waals surface area contributed by atoms with E-state index in [9.17, 15) is 9.59 Å². The lowest BCUT2D eigenvalue weighted by Crippen LogP contribution is -2.24. The van der Waals surface area contributed by atoms with Gasteiger partial charge in [0.15, 0.2) is 0 Å². The van der Waals surface area contributed by atoms with Crippen molar-refractivity contribution in [3.05, 3.63) is 0 Å². The van der Waals surface area contributed by atoms with Crippen LogP contribution in [0.4, 0.5) is 0 Å². The largest absolute Gasteiger partial charge is 0.480 e.